The summed E-state index contributed by atoms with van der Waals surface area (Å²) < 4.78 is 42.0. The molecule has 3 aromatic carbocycles. The van der Waals surface area contributed by atoms with Crippen LogP contribution in [0.25, 0.3) is 0 Å². The van der Waals surface area contributed by atoms with Gasteiger partial charge in [-0.05, 0) is 69.7 Å². The molecule has 0 aliphatic rings. The van der Waals surface area contributed by atoms with Crippen molar-refractivity contribution < 1.29 is 22.4 Å². The number of halogens is 2. The van der Waals surface area contributed by atoms with Gasteiger partial charge in [-0.15, -0.1) is 0 Å². The molecule has 0 aromatic heterocycles. The van der Waals surface area contributed by atoms with E-state index >= 15 is 0 Å². The van der Waals surface area contributed by atoms with E-state index in [-0.39, 0.29) is 28.2 Å². The van der Waals surface area contributed by atoms with Crippen LogP contribution < -0.4 is 9.62 Å². The molecule has 3 rings (SSSR count). The van der Waals surface area contributed by atoms with Crippen LogP contribution in [0.4, 0.5) is 10.1 Å². The van der Waals surface area contributed by atoms with Crippen LogP contribution in [0.5, 0.6) is 0 Å². The monoisotopic (exact) mass is 559 g/mol. The molecule has 0 heterocycles. The molecule has 1 atom stereocenters. The lowest BCUT2D eigenvalue weighted by atomic mass is 10.1. The van der Waals surface area contributed by atoms with Gasteiger partial charge in [0.1, 0.15) is 18.4 Å². The minimum atomic E-state index is -4.21. The third kappa shape index (κ3) is 7.11. The van der Waals surface area contributed by atoms with E-state index in [4.69, 9.17) is 11.6 Å². The van der Waals surface area contributed by atoms with Crippen LogP contribution in [0.1, 0.15) is 31.9 Å². The smallest absolute Gasteiger partial charge is 0.264 e. The van der Waals surface area contributed by atoms with E-state index in [1.807, 2.05) is 6.92 Å². The van der Waals surface area contributed by atoms with Crippen molar-refractivity contribution >= 4 is 39.1 Å². The van der Waals surface area contributed by atoms with Crippen molar-refractivity contribution in [1.29, 1.82) is 0 Å². The molecular formula is C28H31ClFN3O4S. The molecule has 1 N–H and O–H groups in total. The summed E-state index contributed by atoms with van der Waals surface area (Å²) in [6.45, 7) is 6.34. The third-order valence-electron chi connectivity index (χ3n) is 5.87. The molecule has 0 saturated carbocycles. The molecule has 0 fully saturated rings. The molecule has 0 saturated heterocycles. The Bertz CT molecular complexity index is 1380. The number of para-hydroxylation sites is 1. The first kappa shape index (κ1) is 29.1. The molecule has 2 amide bonds. The van der Waals surface area contributed by atoms with Gasteiger partial charge in [0.2, 0.25) is 11.8 Å². The predicted octanol–water partition coefficient (Wildman–Crippen LogP) is 4.92. The van der Waals surface area contributed by atoms with Crippen LogP contribution in [-0.2, 0) is 26.2 Å². The number of nitrogens with one attached hydrogen (secondary N) is 1. The standard InChI is InChI=1S/C28H31ClFN3O4S/c1-19(2)31-28(35)21(4)32(17-22-11-13-23(30)14-12-22)27(34)18-33(26-8-6-5-7-25(26)29)38(36,37)24-15-9-20(3)10-16-24/h5-16,19,21H,17-18H2,1-4H3,(H,31,35)/t21-/m1/s1. The van der Waals surface area contributed by atoms with E-state index in [1.165, 1.54) is 53.4 Å². The minimum Gasteiger partial charge on any atom is -0.352 e. The Labute approximate surface area is 228 Å². The average Bonchev–Trinajstić information content (AvgIpc) is 2.86. The zero-order valence-corrected chi connectivity index (χ0v) is 23.3. The number of aryl methyl sites for hydroxylation is 1. The third-order valence-corrected chi connectivity index (χ3v) is 7.97. The summed E-state index contributed by atoms with van der Waals surface area (Å²) in [7, 11) is -4.21. The lowest BCUT2D eigenvalue weighted by molar-refractivity contribution is -0.139. The highest BCUT2D eigenvalue weighted by Gasteiger charge is 2.33. The molecule has 0 aliphatic heterocycles. The van der Waals surface area contributed by atoms with Gasteiger partial charge >= 0.3 is 0 Å². The van der Waals surface area contributed by atoms with Gasteiger partial charge in [-0.2, -0.15) is 0 Å². The molecule has 3 aromatic rings. The van der Waals surface area contributed by atoms with Crippen LogP contribution in [0.3, 0.4) is 0 Å². The summed E-state index contributed by atoms with van der Waals surface area (Å²) in [5.41, 5.74) is 1.58. The van der Waals surface area contributed by atoms with Gasteiger partial charge in [0.05, 0.1) is 15.6 Å². The molecule has 0 aliphatic carbocycles. The van der Waals surface area contributed by atoms with E-state index in [2.05, 4.69) is 5.32 Å². The SMILES string of the molecule is Cc1ccc(S(=O)(=O)N(CC(=O)N(Cc2ccc(F)cc2)[C@H](C)C(=O)NC(C)C)c2ccccc2Cl)cc1. The topological polar surface area (TPSA) is 86.8 Å². The number of rotatable bonds is 10. The first-order valence-electron chi connectivity index (χ1n) is 12.1. The molecular weight excluding hydrogens is 529 g/mol. The first-order chi connectivity index (χ1) is 17.9. The lowest BCUT2D eigenvalue weighted by Gasteiger charge is -2.32. The van der Waals surface area contributed by atoms with Gasteiger partial charge in [0.25, 0.3) is 10.0 Å². The van der Waals surface area contributed by atoms with Gasteiger partial charge < -0.3 is 10.2 Å². The van der Waals surface area contributed by atoms with E-state index in [0.717, 1.165) is 9.87 Å². The maximum Gasteiger partial charge on any atom is 0.264 e. The lowest BCUT2D eigenvalue weighted by Crippen LogP contribution is -2.52. The number of nitrogens with zero attached hydrogens (tertiary/aromatic N) is 2. The number of carbonyl (C=O) groups is 2. The van der Waals surface area contributed by atoms with Crippen molar-refractivity contribution in [1.82, 2.24) is 10.2 Å². The van der Waals surface area contributed by atoms with E-state index in [1.54, 1.807) is 45.0 Å². The molecule has 0 radical (unpaired) electrons. The Morgan fingerprint density at radius 2 is 1.55 bits per heavy atom. The summed E-state index contributed by atoms with van der Waals surface area (Å²) in [4.78, 5) is 28.0. The summed E-state index contributed by atoms with van der Waals surface area (Å²) in [6.07, 6.45) is 0. The Morgan fingerprint density at radius 3 is 2.13 bits per heavy atom. The second-order valence-corrected chi connectivity index (χ2v) is 11.5. The summed E-state index contributed by atoms with van der Waals surface area (Å²) in [5.74, 6) is -1.47. The van der Waals surface area contributed by atoms with Crippen molar-refractivity contribution in [2.45, 2.75) is 51.2 Å². The van der Waals surface area contributed by atoms with Crippen LogP contribution in [0, 0.1) is 12.7 Å². The molecule has 38 heavy (non-hydrogen) atoms. The number of hydrogen-bond donors (Lipinski definition) is 1. The predicted molar refractivity (Wildman–Crippen MR) is 147 cm³/mol. The van der Waals surface area contributed by atoms with Crippen LogP contribution in [0.15, 0.2) is 77.7 Å². The molecule has 0 unspecified atom stereocenters. The minimum absolute atomic E-state index is 0.00787. The molecule has 7 nitrogen and oxygen atoms in total. The maximum atomic E-state index is 13.8. The van der Waals surface area contributed by atoms with Crippen molar-refractivity contribution in [3.05, 3.63) is 94.8 Å². The second-order valence-electron chi connectivity index (χ2n) is 9.26. The number of sulfonamides is 1. The quantitative estimate of drug-likeness (QED) is 0.382. The largest absolute Gasteiger partial charge is 0.352 e. The summed E-state index contributed by atoms with van der Waals surface area (Å²) >= 11 is 6.38. The normalized spacial score (nSPS) is 12.2. The zero-order chi connectivity index (χ0) is 28.0. The fraction of sp³-hybridized carbons (Fsp3) is 0.286. The van der Waals surface area contributed by atoms with Gasteiger partial charge in [-0.1, -0.05) is 53.6 Å². The van der Waals surface area contributed by atoms with Crippen LogP contribution in [-0.4, -0.2) is 43.8 Å². The summed E-state index contributed by atoms with van der Waals surface area (Å²) in [5, 5.41) is 2.93. The van der Waals surface area contributed by atoms with Crippen molar-refractivity contribution in [3.8, 4) is 0 Å². The number of carbonyl (C=O) groups excluding carboxylic acids is 2. The van der Waals surface area contributed by atoms with Gasteiger partial charge in [0.15, 0.2) is 0 Å². The molecule has 0 spiro atoms. The van der Waals surface area contributed by atoms with Crippen molar-refractivity contribution in [2.24, 2.45) is 0 Å². The molecule has 0 bridgehead atoms. The maximum absolute atomic E-state index is 13.8. The highest BCUT2D eigenvalue weighted by Crippen LogP contribution is 2.31. The number of hydrogen-bond acceptors (Lipinski definition) is 4. The Kier molecular flexibility index (Phi) is 9.51. The van der Waals surface area contributed by atoms with E-state index in [9.17, 15) is 22.4 Å². The van der Waals surface area contributed by atoms with E-state index in [0.29, 0.717) is 5.56 Å². The van der Waals surface area contributed by atoms with E-state index < -0.39 is 40.2 Å². The van der Waals surface area contributed by atoms with Gasteiger partial charge in [0, 0.05) is 12.6 Å². The van der Waals surface area contributed by atoms with Gasteiger partial charge in [-0.25, -0.2) is 12.8 Å². The van der Waals surface area contributed by atoms with Gasteiger partial charge in [-0.3, -0.25) is 13.9 Å². The first-order valence-corrected chi connectivity index (χ1v) is 13.9. The second kappa shape index (κ2) is 12.4. The number of amides is 2. The highest BCUT2D eigenvalue weighted by molar-refractivity contribution is 7.92. The average molecular weight is 560 g/mol. The molecule has 10 heteroatoms. The highest BCUT2D eigenvalue weighted by atomic mass is 35.5. The fourth-order valence-electron chi connectivity index (χ4n) is 3.78. The Hall–Kier alpha value is -3.43. The van der Waals surface area contributed by atoms with Crippen LogP contribution in [0.2, 0.25) is 5.02 Å². The Balaban J connectivity index is 2.04. The van der Waals surface area contributed by atoms with Crippen LogP contribution >= 0.6 is 11.6 Å². The van der Waals surface area contributed by atoms with Crippen molar-refractivity contribution in [3.63, 3.8) is 0 Å². The summed E-state index contributed by atoms with van der Waals surface area (Å²) in [6, 6.07) is 17.0. The number of anilines is 1. The van der Waals surface area contributed by atoms with Crippen molar-refractivity contribution in [2.75, 3.05) is 10.8 Å². The fourth-order valence-corrected chi connectivity index (χ4v) is 5.50. The zero-order valence-electron chi connectivity index (χ0n) is 21.7. The number of benzene rings is 3. The Morgan fingerprint density at radius 1 is 0.947 bits per heavy atom. The molecule has 202 valence electrons.